The second-order valence-corrected chi connectivity index (χ2v) is 16.9. The Morgan fingerprint density at radius 2 is 1.28 bits per heavy atom. The first-order valence-electron chi connectivity index (χ1n) is 22.4. The maximum atomic E-state index is 14.3. The van der Waals surface area contributed by atoms with Gasteiger partial charge in [0.25, 0.3) is 0 Å². The fraction of sp³-hybridized carbons (Fsp3) is 0.605. The van der Waals surface area contributed by atoms with E-state index in [9.17, 15) is 63.0 Å². The number of nitrogens with two attached hydrogens (primary N) is 4. The number of unbranched alkanes of at least 4 members (excludes halogenated alkanes) is 1. The van der Waals surface area contributed by atoms with E-state index in [0.717, 1.165) is 0 Å². The van der Waals surface area contributed by atoms with Crippen molar-refractivity contribution in [3.8, 4) is 0 Å². The molecule has 1 aromatic carbocycles. The quantitative estimate of drug-likeness (QED) is 0.0321. The molecule has 2 rings (SSSR count). The van der Waals surface area contributed by atoms with Crippen molar-refractivity contribution < 1.29 is 63.0 Å². The van der Waals surface area contributed by atoms with E-state index in [1.54, 1.807) is 44.2 Å². The molecule has 8 atom stereocenters. The van der Waals surface area contributed by atoms with E-state index in [1.807, 2.05) is 0 Å². The lowest BCUT2D eigenvalue weighted by atomic mass is 10.0. The first-order valence-corrected chi connectivity index (χ1v) is 22.4. The predicted octanol–water partition coefficient (Wildman–Crippen LogP) is -5.01. The van der Waals surface area contributed by atoms with Gasteiger partial charge in [-0.2, -0.15) is 0 Å². The summed E-state index contributed by atoms with van der Waals surface area (Å²) in [6.07, 6.45) is -0.0195. The summed E-state index contributed by atoms with van der Waals surface area (Å²) in [5, 5.41) is 36.4. The summed E-state index contributed by atoms with van der Waals surface area (Å²) in [6.45, 7) is 3.63. The number of primary amides is 2. The van der Waals surface area contributed by atoms with Crippen molar-refractivity contribution in [1.29, 1.82) is 0 Å². The molecule has 1 fully saturated rings. The van der Waals surface area contributed by atoms with Gasteiger partial charge in [-0.1, -0.05) is 44.2 Å². The van der Waals surface area contributed by atoms with Crippen molar-refractivity contribution in [1.82, 2.24) is 42.1 Å². The van der Waals surface area contributed by atoms with Gasteiger partial charge in [-0.05, 0) is 69.9 Å². The van der Waals surface area contributed by atoms with E-state index < -0.39 is 139 Å². The number of nitrogens with zero attached hydrogens (tertiary/aromatic N) is 1. The second-order valence-electron chi connectivity index (χ2n) is 16.9. The van der Waals surface area contributed by atoms with E-state index >= 15 is 0 Å². The first kappa shape index (κ1) is 57.4. The molecule has 68 heavy (non-hydrogen) atoms. The summed E-state index contributed by atoms with van der Waals surface area (Å²) in [5.41, 5.74) is 22.4. The summed E-state index contributed by atoms with van der Waals surface area (Å²) < 4.78 is 0. The lowest BCUT2D eigenvalue weighted by molar-refractivity contribution is -0.143. The Hall–Kier alpha value is -6.73. The van der Waals surface area contributed by atoms with E-state index in [1.165, 1.54) is 11.8 Å². The minimum Gasteiger partial charge on any atom is -0.480 e. The molecule has 0 spiro atoms. The fourth-order valence-corrected chi connectivity index (χ4v) is 7.09. The average Bonchev–Trinajstić information content (AvgIpc) is 3.77. The number of hydrogen-bond acceptors (Lipinski definition) is 14. The molecule has 25 nitrogen and oxygen atoms in total. The molecule has 0 unspecified atom stereocenters. The number of aliphatic hydroxyl groups is 1. The van der Waals surface area contributed by atoms with Gasteiger partial charge in [0.05, 0.1) is 25.6 Å². The number of rotatable bonds is 30. The third-order valence-corrected chi connectivity index (χ3v) is 10.7. The topological polar surface area (TPSA) is 420 Å². The molecule has 10 amide bonds. The van der Waals surface area contributed by atoms with E-state index in [-0.39, 0.29) is 44.6 Å². The highest BCUT2D eigenvalue weighted by atomic mass is 16.4. The molecule has 0 aromatic heterocycles. The molecule has 0 bridgehead atoms. The Balaban J connectivity index is 2.22. The van der Waals surface area contributed by atoms with Crippen LogP contribution in [0.4, 0.5) is 0 Å². The number of aliphatic carboxylic acids is 1. The van der Waals surface area contributed by atoms with E-state index in [2.05, 4.69) is 37.2 Å². The molecule has 0 radical (unpaired) electrons. The SMILES string of the molecule is CC(C)C[C@H](NC(=O)[C@H](C)N)C(=O)N[C@@H](CC(N)=O)C(=O)N[C@@H](Cc1ccccc1)C(=O)N1CCC[C@H]1C(=O)NCC(=O)N[C@@H](CO)C(=O)N[C@@H](CCC(N)=O)C(=O)N[C@@H](CCCCN)C(=O)O. The molecular formula is C43H68N12O13. The third-order valence-electron chi connectivity index (χ3n) is 10.7. The third kappa shape index (κ3) is 20.0. The summed E-state index contributed by atoms with van der Waals surface area (Å²) in [6, 6.07) is -2.23. The second kappa shape index (κ2) is 29.1. The van der Waals surface area contributed by atoms with Crippen LogP contribution in [0.5, 0.6) is 0 Å². The minimum absolute atomic E-state index is 0.0199. The number of carboxylic acid groups (broad SMARTS) is 1. The minimum atomic E-state index is -1.69. The molecule has 25 heteroatoms. The van der Waals surface area contributed by atoms with Crippen LogP contribution in [0.15, 0.2) is 30.3 Å². The Morgan fingerprint density at radius 3 is 1.85 bits per heavy atom. The molecular weight excluding hydrogens is 893 g/mol. The zero-order valence-corrected chi connectivity index (χ0v) is 38.6. The van der Waals surface area contributed by atoms with Crippen molar-refractivity contribution in [2.24, 2.45) is 28.9 Å². The van der Waals surface area contributed by atoms with Crippen LogP contribution >= 0.6 is 0 Å². The predicted molar refractivity (Wildman–Crippen MR) is 242 cm³/mol. The maximum Gasteiger partial charge on any atom is 0.326 e. The number of hydrogen-bond donors (Lipinski definition) is 13. The van der Waals surface area contributed by atoms with Crippen LogP contribution in [0.1, 0.15) is 84.1 Å². The molecule has 0 aliphatic carbocycles. The van der Waals surface area contributed by atoms with Gasteiger partial charge < -0.3 is 75.3 Å². The Morgan fingerprint density at radius 1 is 0.706 bits per heavy atom. The molecule has 1 heterocycles. The number of carbonyl (C=O) groups excluding carboxylic acids is 10. The van der Waals surface area contributed by atoms with Crippen molar-refractivity contribution >= 4 is 65.0 Å². The molecule has 17 N–H and O–H groups in total. The zero-order valence-electron chi connectivity index (χ0n) is 38.6. The molecule has 1 aromatic rings. The van der Waals surface area contributed by atoms with Gasteiger partial charge in [-0.25, -0.2) is 4.79 Å². The average molecular weight is 961 g/mol. The normalized spacial score (nSPS) is 16.3. The summed E-state index contributed by atoms with van der Waals surface area (Å²) in [5.74, 6) is -10.2. The van der Waals surface area contributed by atoms with Gasteiger partial charge in [-0.15, -0.1) is 0 Å². The highest BCUT2D eigenvalue weighted by Gasteiger charge is 2.39. The molecule has 378 valence electrons. The smallest absolute Gasteiger partial charge is 0.326 e. The largest absolute Gasteiger partial charge is 0.480 e. The number of nitrogens with one attached hydrogen (secondary N) is 7. The molecule has 1 aliphatic rings. The van der Waals surface area contributed by atoms with Crippen molar-refractivity contribution in [3.63, 3.8) is 0 Å². The lowest BCUT2D eigenvalue weighted by Crippen LogP contribution is -2.60. The van der Waals surface area contributed by atoms with Gasteiger partial charge in [-0.3, -0.25) is 47.9 Å². The van der Waals surface area contributed by atoms with E-state index in [4.69, 9.17) is 22.9 Å². The maximum absolute atomic E-state index is 14.3. The van der Waals surface area contributed by atoms with Crippen molar-refractivity contribution in [2.45, 2.75) is 133 Å². The molecule has 1 saturated heterocycles. The van der Waals surface area contributed by atoms with Gasteiger partial charge in [0.1, 0.15) is 42.3 Å². The Bertz CT molecular complexity index is 1940. The monoisotopic (exact) mass is 961 g/mol. The van der Waals surface area contributed by atoms with Crippen LogP contribution < -0.4 is 60.2 Å². The van der Waals surface area contributed by atoms with Gasteiger partial charge in [0, 0.05) is 19.4 Å². The Labute approximate surface area is 393 Å². The van der Waals surface area contributed by atoms with Crippen LogP contribution in [0, 0.1) is 5.92 Å². The van der Waals surface area contributed by atoms with Gasteiger partial charge >= 0.3 is 5.97 Å². The zero-order chi connectivity index (χ0) is 51.1. The first-order chi connectivity index (χ1) is 32.1. The summed E-state index contributed by atoms with van der Waals surface area (Å²) in [7, 11) is 0. The van der Waals surface area contributed by atoms with Crippen LogP contribution in [-0.4, -0.2) is 155 Å². The number of aliphatic hydroxyl groups excluding tert-OH is 1. The van der Waals surface area contributed by atoms with Crippen LogP contribution in [0.2, 0.25) is 0 Å². The number of likely N-dealkylation sites (tertiary alicyclic amines) is 1. The van der Waals surface area contributed by atoms with Crippen LogP contribution in [0.3, 0.4) is 0 Å². The summed E-state index contributed by atoms with van der Waals surface area (Å²) in [4.78, 5) is 144. The number of carbonyl (C=O) groups is 11. The van der Waals surface area contributed by atoms with Crippen molar-refractivity contribution in [3.05, 3.63) is 35.9 Å². The number of carboxylic acids is 1. The highest BCUT2D eigenvalue weighted by molar-refractivity contribution is 5.99. The van der Waals surface area contributed by atoms with Crippen LogP contribution in [-0.2, 0) is 59.2 Å². The van der Waals surface area contributed by atoms with Crippen molar-refractivity contribution in [2.75, 3.05) is 26.2 Å². The summed E-state index contributed by atoms with van der Waals surface area (Å²) >= 11 is 0. The molecule has 0 saturated carbocycles. The molecule has 1 aliphatic heterocycles. The number of benzene rings is 1. The lowest BCUT2D eigenvalue weighted by Gasteiger charge is -2.30. The number of amides is 10. The fourth-order valence-electron chi connectivity index (χ4n) is 7.09. The van der Waals surface area contributed by atoms with E-state index in [0.29, 0.717) is 31.4 Å². The van der Waals surface area contributed by atoms with Gasteiger partial charge in [0.15, 0.2) is 0 Å². The van der Waals surface area contributed by atoms with Gasteiger partial charge in [0.2, 0.25) is 59.1 Å². The Kier molecular flexibility index (Phi) is 24.6. The van der Waals surface area contributed by atoms with Crippen LogP contribution in [0.25, 0.3) is 0 Å². The standard InChI is InChI=1S/C43H68N12O13/c1-23(2)18-28(52-36(60)24(3)45)38(62)53-29(20-34(47)58)39(63)54-30(19-25-10-5-4-6-11-25)42(66)55-17-9-13-32(55)41(65)48-21-35(59)49-31(22-56)40(64)50-26(14-15-33(46)57)37(61)51-27(43(67)68)12-7-8-16-44/h4-6,10-11,23-24,26-32,56H,7-9,12-22,44-45H2,1-3H3,(H2,46,57)(H2,47,58)(H,48,65)(H,49,59)(H,50,64)(H,51,61)(H,52,60)(H,53,62)(H,54,63)(H,67,68)/t24-,26-,27-,28-,29-,30-,31-,32-/m0/s1. The highest BCUT2D eigenvalue weighted by Crippen LogP contribution is 2.20.